The Balaban J connectivity index is 1.53. The lowest BCUT2D eigenvalue weighted by Gasteiger charge is -2.50. The van der Waals surface area contributed by atoms with E-state index in [-0.39, 0.29) is 36.5 Å². The molecular weight excluding hydrogens is 508 g/mol. The molecule has 0 unspecified atom stereocenters. The Bertz CT molecular complexity index is 1560. The number of nitrogens with two attached hydrogens (primary N) is 1. The van der Waals surface area contributed by atoms with E-state index in [0.29, 0.717) is 22.6 Å². The largest absolute Gasteiger partial charge is 0.510 e. The van der Waals surface area contributed by atoms with Gasteiger partial charge < -0.3 is 35.6 Å². The number of phenols is 1. The van der Waals surface area contributed by atoms with Crippen molar-refractivity contribution < 1.29 is 44.3 Å². The first kappa shape index (κ1) is 25.0. The molecule has 39 heavy (non-hydrogen) atoms. The molecular formula is C28H26N2O9. The molecule has 3 aliphatic carbocycles. The van der Waals surface area contributed by atoms with E-state index in [1.54, 1.807) is 32.3 Å². The number of Topliss-reactive ketones (excluding diaryl/α,β-unsaturated/α-hetero) is 2. The number of likely N-dealkylation sites (N-methyl/N-ethyl adjacent to an activating group) is 1. The minimum atomic E-state index is -2.67. The highest BCUT2D eigenvalue weighted by Gasteiger charge is 2.63. The summed E-state index contributed by atoms with van der Waals surface area (Å²) in [5, 5.41) is 44.7. The molecule has 6 rings (SSSR count). The van der Waals surface area contributed by atoms with Gasteiger partial charge in [0.25, 0.3) is 5.91 Å². The molecule has 2 aromatic carbocycles. The zero-order valence-corrected chi connectivity index (χ0v) is 21.1. The maximum Gasteiger partial charge on any atom is 0.255 e. The third kappa shape index (κ3) is 3.26. The number of aromatic hydroxyl groups is 1. The summed E-state index contributed by atoms with van der Waals surface area (Å²) in [6, 6.07) is 7.34. The summed E-state index contributed by atoms with van der Waals surface area (Å²) in [6.45, 7) is 0.0925. The van der Waals surface area contributed by atoms with E-state index >= 15 is 0 Å². The summed E-state index contributed by atoms with van der Waals surface area (Å²) in [7, 11) is 3.17. The molecule has 11 heteroatoms. The second kappa shape index (κ2) is 8.32. The van der Waals surface area contributed by atoms with Gasteiger partial charge in [-0.25, -0.2) is 0 Å². The van der Waals surface area contributed by atoms with Crippen molar-refractivity contribution in [3.8, 4) is 28.4 Å². The van der Waals surface area contributed by atoms with Crippen molar-refractivity contribution in [1.29, 1.82) is 0 Å². The number of primary amides is 1. The Hall–Kier alpha value is -4.35. The summed E-state index contributed by atoms with van der Waals surface area (Å²) in [5.41, 5.74) is 3.52. The van der Waals surface area contributed by atoms with Crippen molar-refractivity contribution in [2.24, 2.45) is 17.6 Å². The van der Waals surface area contributed by atoms with Crippen LogP contribution in [0, 0.1) is 11.8 Å². The number of nitrogens with zero attached hydrogens (tertiary/aromatic N) is 1. The first-order valence-electron chi connectivity index (χ1n) is 12.4. The Morgan fingerprint density at radius 1 is 1.08 bits per heavy atom. The summed E-state index contributed by atoms with van der Waals surface area (Å²) in [6.07, 6.45) is 0.203. The molecule has 0 bridgehead atoms. The number of rotatable bonds is 3. The second-order valence-electron chi connectivity index (χ2n) is 10.5. The van der Waals surface area contributed by atoms with E-state index in [1.165, 1.54) is 11.0 Å². The average Bonchev–Trinajstić information content (AvgIpc) is 3.34. The Morgan fingerprint density at radius 2 is 1.79 bits per heavy atom. The topological polar surface area (TPSA) is 180 Å². The van der Waals surface area contributed by atoms with Crippen molar-refractivity contribution in [3.05, 3.63) is 64.1 Å². The van der Waals surface area contributed by atoms with Gasteiger partial charge in [0.1, 0.15) is 22.8 Å². The van der Waals surface area contributed by atoms with Crippen LogP contribution < -0.4 is 15.2 Å². The highest BCUT2D eigenvalue weighted by atomic mass is 16.7. The molecule has 0 fully saturated rings. The molecule has 4 atom stereocenters. The van der Waals surface area contributed by atoms with Crippen LogP contribution in [0.15, 0.2) is 53.0 Å². The average molecular weight is 535 g/mol. The number of phenolic OH excluding ortho intramolecular Hbond substituents is 1. The number of aliphatic hydroxyl groups is 3. The van der Waals surface area contributed by atoms with Crippen molar-refractivity contribution in [2.45, 2.75) is 24.5 Å². The van der Waals surface area contributed by atoms with Gasteiger partial charge in [0.2, 0.25) is 12.6 Å². The van der Waals surface area contributed by atoms with Crippen LogP contribution >= 0.6 is 0 Å². The third-order valence-corrected chi connectivity index (χ3v) is 8.29. The SMILES string of the molecule is CN(C)[C@H]1C(O)=C(C(N)=O)C(=O)[C@@]2(O)C(O)=C3C(=O)c4c(O)ccc(-c5ccc6c(c5)OCO6)c4C[C@H]3C[C@@H]12. The zero-order valence-electron chi connectivity index (χ0n) is 21.1. The van der Waals surface area contributed by atoms with Crippen LogP contribution in [-0.4, -0.2) is 75.3 Å². The van der Waals surface area contributed by atoms with Crippen LogP contribution in [0.25, 0.3) is 11.1 Å². The monoisotopic (exact) mass is 534 g/mol. The smallest absolute Gasteiger partial charge is 0.255 e. The van der Waals surface area contributed by atoms with Gasteiger partial charge in [-0.15, -0.1) is 0 Å². The maximum absolute atomic E-state index is 13.9. The summed E-state index contributed by atoms with van der Waals surface area (Å²) in [4.78, 5) is 40.9. The lowest BCUT2D eigenvalue weighted by molar-refractivity contribution is -0.148. The fourth-order valence-electron chi connectivity index (χ4n) is 6.59. The molecule has 2 aromatic rings. The standard InChI is InChI=1S/C28H26N2O9/c1-30(2)22-15-8-12-7-14-13(11-3-6-17-18(9-11)39-10-38-17)4-5-16(31)20(14)23(32)19(12)25(34)28(15,37)26(35)21(24(22)33)27(29)36/h3-6,9,12,15,22,31,33-34,37H,7-8,10H2,1-2H3,(H2,29,36)/t12-,15-,22+,28-/m0/s1. The lowest BCUT2D eigenvalue weighted by Crippen LogP contribution is -2.63. The van der Waals surface area contributed by atoms with Crippen LogP contribution in [0.1, 0.15) is 22.3 Å². The molecule has 0 aromatic heterocycles. The van der Waals surface area contributed by atoms with E-state index in [4.69, 9.17) is 15.2 Å². The number of carbonyl (C=O) groups excluding carboxylic acids is 3. The van der Waals surface area contributed by atoms with Crippen LogP contribution in [0.5, 0.6) is 17.2 Å². The Labute approximate surface area is 222 Å². The van der Waals surface area contributed by atoms with Crippen LogP contribution in [-0.2, 0) is 16.0 Å². The number of allylic oxidation sites excluding steroid dienone is 1. The highest BCUT2D eigenvalue weighted by Crippen LogP contribution is 2.53. The molecule has 4 aliphatic rings. The number of aliphatic hydroxyl groups excluding tert-OH is 2. The molecule has 0 radical (unpaired) electrons. The predicted octanol–water partition coefficient (Wildman–Crippen LogP) is 1.52. The number of fused-ring (bicyclic) bond motifs is 4. The van der Waals surface area contributed by atoms with Gasteiger partial charge in [0.15, 0.2) is 22.9 Å². The Morgan fingerprint density at radius 3 is 2.49 bits per heavy atom. The highest BCUT2D eigenvalue weighted by molar-refractivity contribution is 6.24. The normalized spacial score (nSPS) is 27.4. The van der Waals surface area contributed by atoms with Crippen molar-refractivity contribution in [2.75, 3.05) is 20.9 Å². The van der Waals surface area contributed by atoms with Gasteiger partial charge in [-0.2, -0.15) is 0 Å². The van der Waals surface area contributed by atoms with Gasteiger partial charge in [-0.05, 0) is 67.7 Å². The Kier molecular flexibility index (Phi) is 5.33. The van der Waals surface area contributed by atoms with E-state index in [1.807, 2.05) is 6.07 Å². The fourth-order valence-corrected chi connectivity index (χ4v) is 6.59. The fraction of sp³-hybridized carbons (Fsp3) is 0.321. The number of amides is 1. The summed E-state index contributed by atoms with van der Waals surface area (Å²) >= 11 is 0. The molecule has 0 saturated heterocycles. The lowest BCUT2D eigenvalue weighted by atomic mass is 9.58. The molecule has 0 saturated carbocycles. The number of carbonyl (C=O) groups is 3. The minimum Gasteiger partial charge on any atom is -0.510 e. The van der Waals surface area contributed by atoms with Gasteiger partial charge >= 0.3 is 0 Å². The number of hydrogen-bond acceptors (Lipinski definition) is 10. The molecule has 1 amide bonds. The number of benzene rings is 2. The molecule has 1 heterocycles. The van der Waals surface area contributed by atoms with Crippen LogP contribution in [0.3, 0.4) is 0 Å². The summed E-state index contributed by atoms with van der Waals surface area (Å²) in [5.74, 6) is -5.70. The maximum atomic E-state index is 13.9. The first-order valence-corrected chi connectivity index (χ1v) is 12.4. The van der Waals surface area contributed by atoms with E-state index in [2.05, 4.69) is 0 Å². The zero-order chi connectivity index (χ0) is 28.0. The van der Waals surface area contributed by atoms with Gasteiger partial charge in [-0.3, -0.25) is 19.3 Å². The van der Waals surface area contributed by atoms with Crippen molar-refractivity contribution in [1.82, 2.24) is 4.90 Å². The number of ether oxygens (including phenoxy) is 2. The molecule has 6 N–H and O–H groups in total. The summed E-state index contributed by atoms with van der Waals surface area (Å²) < 4.78 is 10.9. The van der Waals surface area contributed by atoms with Gasteiger partial charge in [-0.1, -0.05) is 12.1 Å². The predicted molar refractivity (Wildman–Crippen MR) is 135 cm³/mol. The van der Waals surface area contributed by atoms with Crippen LogP contribution in [0.4, 0.5) is 0 Å². The first-order chi connectivity index (χ1) is 18.5. The van der Waals surface area contributed by atoms with E-state index < -0.39 is 58.0 Å². The van der Waals surface area contributed by atoms with Gasteiger partial charge in [0, 0.05) is 11.5 Å². The van der Waals surface area contributed by atoms with Crippen LogP contribution in [0.2, 0.25) is 0 Å². The molecule has 0 spiro atoms. The van der Waals surface area contributed by atoms with Gasteiger partial charge in [0.05, 0.1) is 11.6 Å². The molecule has 202 valence electrons. The third-order valence-electron chi connectivity index (χ3n) is 8.29. The van der Waals surface area contributed by atoms with Crippen molar-refractivity contribution in [3.63, 3.8) is 0 Å². The van der Waals surface area contributed by atoms with E-state index in [0.717, 1.165) is 5.56 Å². The molecule has 11 nitrogen and oxygen atoms in total. The van der Waals surface area contributed by atoms with Crippen molar-refractivity contribution >= 4 is 17.5 Å². The number of ketones is 2. The minimum absolute atomic E-state index is 0.0159. The quantitative estimate of drug-likeness (QED) is 0.362. The number of hydrogen-bond donors (Lipinski definition) is 5. The van der Waals surface area contributed by atoms with E-state index in [9.17, 15) is 34.8 Å². The molecule has 1 aliphatic heterocycles. The second-order valence-corrected chi connectivity index (χ2v) is 10.5.